The third-order valence-corrected chi connectivity index (χ3v) is 5.89. The molecular weight excluding hydrogens is 364 g/mol. The number of thiazole rings is 1. The van der Waals surface area contributed by atoms with Crippen LogP contribution in [0.15, 0.2) is 41.8 Å². The normalized spacial score (nSPS) is 12.1. The van der Waals surface area contributed by atoms with Gasteiger partial charge in [-0.25, -0.2) is 4.98 Å². The summed E-state index contributed by atoms with van der Waals surface area (Å²) >= 11 is 8.78. The molecule has 4 nitrogen and oxygen atoms in total. The molecule has 2 aromatic heterocycles. The van der Waals surface area contributed by atoms with Gasteiger partial charge in [0.15, 0.2) is 0 Å². The van der Waals surface area contributed by atoms with Crippen molar-refractivity contribution in [3.05, 3.63) is 62.9 Å². The molecule has 7 heteroatoms. The van der Waals surface area contributed by atoms with Crippen molar-refractivity contribution in [3.8, 4) is 9.88 Å². The molecule has 24 heavy (non-hydrogen) atoms. The lowest BCUT2D eigenvalue weighted by atomic mass is 10.1. The Morgan fingerprint density at radius 3 is 2.75 bits per heavy atom. The molecule has 1 aromatic carbocycles. The summed E-state index contributed by atoms with van der Waals surface area (Å²) in [4.78, 5) is 18.4. The van der Waals surface area contributed by atoms with Crippen molar-refractivity contribution in [2.75, 3.05) is 6.54 Å². The van der Waals surface area contributed by atoms with Crippen LogP contribution in [0.4, 0.5) is 0 Å². The lowest BCUT2D eigenvalue weighted by molar-refractivity contribution is 0.0919. The maximum absolute atomic E-state index is 12.4. The third kappa shape index (κ3) is 3.84. The van der Waals surface area contributed by atoms with E-state index in [2.05, 4.69) is 10.3 Å². The van der Waals surface area contributed by atoms with Gasteiger partial charge in [0.05, 0.1) is 16.7 Å². The van der Waals surface area contributed by atoms with E-state index >= 15 is 0 Å². The fourth-order valence-corrected chi connectivity index (χ4v) is 4.09. The van der Waals surface area contributed by atoms with Crippen LogP contribution in [0.2, 0.25) is 5.02 Å². The first-order valence-corrected chi connectivity index (χ1v) is 9.35. The molecule has 2 N–H and O–H groups in total. The fourth-order valence-electron chi connectivity index (χ4n) is 2.19. The van der Waals surface area contributed by atoms with Crippen LogP contribution < -0.4 is 5.32 Å². The van der Waals surface area contributed by atoms with Gasteiger partial charge in [-0.05, 0) is 36.1 Å². The maximum atomic E-state index is 12.4. The van der Waals surface area contributed by atoms with Gasteiger partial charge in [0.2, 0.25) is 0 Å². The quantitative estimate of drug-likeness (QED) is 0.695. The highest BCUT2D eigenvalue weighted by Gasteiger charge is 2.18. The molecule has 124 valence electrons. The molecule has 1 unspecified atom stereocenters. The summed E-state index contributed by atoms with van der Waals surface area (Å²) in [6, 6.07) is 10.8. The zero-order valence-corrected chi connectivity index (χ0v) is 15.2. The van der Waals surface area contributed by atoms with Crippen molar-refractivity contribution in [1.82, 2.24) is 10.3 Å². The number of halogens is 1. The second-order valence-electron chi connectivity index (χ2n) is 5.19. The van der Waals surface area contributed by atoms with Gasteiger partial charge < -0.3 is 10.4 Å². The van der Waals surface area contributed by atoms with Crippen molar-refractivity contribution in [2.24, 2.45) is 0 Å². The number of aliphatic hydroxyl groups excluding tert-OH is 1. The molecule has 3 aromatic rings. The molecule has 2 heterocycles. The molecule has 0 radical (unpaired) electrons. The Morgan fingerprint density at radius 1 is 1.33 bits per heavy atom. The largest absolute Gasteiger partial charge is 0.387 e. The second kappa shape index (κ2) is 7.44. The molecule has 0 fully saturated rings. The summed E-state index contributed by atoms with van der Waals surface area (Å²) in [7, 11) is 0. The first-order chi connectivity index (χ1) is 11.5. The number of benzene rings is 1. The molecule has 0 aliphatic carbocycles. The summed E-state index contributed by atoms with van der Waals surface area (Å²) in [5.74, 6) is -0.221. The summed E-state index contributed by atoms with van der Waals surface area (Å²) < 4.78 is 0. The number of carbonyl (C=O) groups is 1. The van der Waals surface area contributed by atoms with Gasteiger partial charge >= 0.3 is 0 Å². The summed E-state index contributed by atoms with van der Waals surface area (Å²) in [6.07, 6.45) is -0.781. The molecule has 1 amide bonds. The molecule has 0 spiro atoms. The molecule has 1 atom stereocenters. The van der Waals surface area contributed by atoms with Gasteiger partial charge in [-0.15, -0.1) is 22.7 Å². The van der Waals surface area contributed by atoms with E-state index in [1.807, 2.05) is 24.4 Å². The number of carbonyl (C=O) groups excluding carboxylic acids is 1. The van der Waals surface area contributed by atoms with E-state index < -0.39 is 6.10 Å². The minimum atomic E-state index is -0.781. The number of aliphatic hydroxyl groups is 1. The van der Waals surface area contributed by atoms with Crippen molar-refractivity contribution in [2.45, 2.75) is 13.0 Å². The van der Waals surface area contributed by atoms with Gasteiger partial charge in [-0.3, -0.25) is 4.79 Å². The fraction of sp³-hybridized carbons (Fsp3) is 0.176. The van der Waals surface area contributed by atoms with Crippen molar-refractivity contribution in [3.63, 3.8) is 0 Å². The average Bonchev–Trinajstić information content (AvgIpc) is 3.22. The van der Waals surface area contributed by atoms with E-state index in [4.69, 9.17) is 11.6 Å². The van der Waals surface area contributed by atoms with Gasteiger partial charge in [-0.2, -0.15) is 0 Å². The summed E-state index contributed by atoms with van der Waals surface area (Å²) in [5.41, 5.74) is 1.40. The number of amides is 1. The van der Waals surface area contributed by atoms with Gasteiger partial charge in [0.1, 0.15) is 9.88 Å². The number of nitrogens with one attached hydrogen (secondary N) is 1. The van der Waals surface area contributed by atoms with E-state index in [9.17, 15) is 9.90 Å². The highest BCUT2D eigenvalue weighted by molar-refractivity contribution is 7.22. The maximum Gasteiger partial charge on any atom is 0.263 e. The first-order valence-electron chi connectivity index (χ1n) is 7.27. The Morgan fingerprint density at radius 2 is 2.08 bits per heavy atom. The van der Waals surface area contributed by atoms with E-state index in [1.54, 1.807) is 35.6 Å². The standard InChI is InChI=1S/C17H15ClN2O2S2/c1-10-15(24-17(20-10)14-3-2-8-23-14)16(22)19-9-13(21)11-4-6-12(18)7-5-11/h2-8,13,21H,9H2,1H3,(H,19,22). The van der Waals surface area contributed by atoms with Crippen LogP contribution in [0.3, 0.4) is 0 Å². The average molecular weight is 379 g/mol. The van der Waals surface area contributed by atoms with E-state index in [0.717, 1.165) is 9.88 Å². The SMILES string of the molecule is Cc1nc(-c2cccs2)sc1C(=O)NCC(O)c1ccc(Cl)cc1. The molecule has 0 saturated carbocycles. The number of aromatic nitrogens is 1. The van der Waals surface area contributed by atoms with Crippen LogP contribution in [-0.4, -0.2) is 22.5 Å². The van der Waals surface area contributed by atoms with Crippen molar-refractivity contribution in [1.29, 1.82) is 0 Å². The van der Waals surface area contributed by atoms with E-state index in [1.165, 1.54) is 11.3 Å². The highest BCUT2D eigenvalue weighted by atomic mass is 35.5. The molecule has 0 aliphatic rings. The van der Waals surface area contributed by atoms with Crippen LogP contribution in [0, 0.1) is 6.92 Å². The Labute approximate surface area is 152 Å². The van der Waals surface area contributed by atoms with Crippen molar-refractivity contribution >= 4 is 40.2 Å². The van der Waals surface area contributed by atoms with Gasteiger partial charge in [0.25, 0.3) is 5.91 Å². The highest BCUT2D eigenvalue weighted by Crippen LogP contribution is 2.31. The number of hydrogen-bond donors (Lipinski definition) is 2. The second-order valence-corrected chi connectivity index (χ2v) is 7.57. The molecule has 0 saturated heterocycles. The predicted molar refractivity (Wildman–Crippen MR) is 98.9 cm³/mol. The minimum absolute atomic E-state index is 0.131. The summed E-state index contributed by atoms with van der Waals surface area (Å²) in [6.45, 7) is 1.95. The smallest absolute Gasteiger partial charge is 0.263 e. The zero-order valence-electron chi connectivity index (χ0n) is 12.8. The number of aryl methyl sites for hydroxylation is 1. The topological polar surface area (TPSA) is 62.2 Å². The van der Waals surface area contributed by atoms with Gasteiger partial charge in [-0.1, -0.05) is 29.8 Å². The van der Waals surface area contributed by atoms with Crippen LogP contribution in [0.1, 0.15) is 27.0 Å². The Bertz CT molecular complexity index is 829. The third-order valence-electron chi connectivity index (χ3n) is 3.45. The van der Waals surface area contributed by atoms with Crippen LogP contribution in [-0.2, 0) is 0 Å². The molecule has 3 rings (SSSR count). The predicted octanol–water partition coefficient (Wildman–Crippen LogP) is 4.30. The lowest BCUT2D eigenvalue weighted by Gasteiger charge is -2.12. The Balaban J connectivity index is 1.66. The van der Waals surface area contributed by atoms with Crippen molar-refractivity contribution < 1.29 is 9.90 Å². The number of rotatable bonds is 5. The van der Waals surface area contributed by atoms with E-state index in [-0.39, 0.29) is 12.5 Å². The van der Waals surface area contributed by atoms with Crippen LogP contribution in [0.25, 0.3) is 9.88 Å². The summed E-state index contributed by atoms with van der Waals surface area (Å²) in [5, 5.41) is 16.4. The molecular formula is C17H15ClN2O2S2. The number of hydrogen-bond acceptors (Lipinski definition) is 5. The first kappa shape index (κ1) is 17.1. The Kier molecular flexibility index (Phi) is 5.30. The van der Waals surface area contributed by atoms with Crippen LogP contribution >= 0.6 is 34.3 Å². The van der Waals surface area contributed by atoms with Gasteiger partial charge in [0, 0.05) is 11.6 Å². The monoisotopic (exact) mass is 378 g/mol. The van der Waals surface area contributed by atoms with E-state index in [0.29, 0.717) is 21.2 Å². The molecule has 0 aliphatic heterocycles. The van der Waals surface area contributed by atoms with Crippen LogP contribution in [0.5, 0.6) is 0 Å². The molecule has 0 bridgehead atoms. The zero-order chi connectivity index (χ0) is 17.1. The number of nitrogens with zero attached hydrogens (tertiary/aromatic N) is 1. The number of thiophene rings is 1. The Hall–Kier alpha value is -1.73. The lowest BCUT2D eigenvalue weighted by Crippen LogP contribution is -2.28. The minimum Gasteiger partial charge on any atom is -0.387 e.